The molecule has 0 radical (unpaired) electrons. The Morgan fingerprint density at radius 1 is 0.541 bits per heavy atom. The van der Waals surface area contributed by atoms with Crippen molar-refractivity contribution in [3.8, 4) is 0 Å². The first-order valence-corrected chi connectivity index (χ1v) is 22.5. The summed E-state index contributed by atoms with van der Waals surface area (Å²) in [5.74, 6) is -7.21. The molecule has 0 aromatic heterocycles. The van der Waals surface area contributed by atoms with E-state index in [1.807, 2.05) is 0 Å². The Morgan fingerprint density at radius 2 is 0.811 bits per heavy atom. The Balaban J connectivity index is 0. The van der Waals surface area contributed by atoms with E-state index in [-0.39, 0.29) is 46.3 Å². The van der Waals surface area contributed by atoms with Crippen LogP contribution in [0.4, 0.5) is 44.7 Å². The predicted octanol–water partition coefficient (Wildman–Crippen LogP) is 9.38. The first kappa shape index (κ1) is 68.2. The van der Waals surface area contributed by atoms with Crippen LogP contribution in [0.15, 0.2) is 95.9 Å². The number of hydrogen-bond donors (Lipinski definition) is 2. The van der Waals surface area contributed by atoms with Crippen molar-refractivity contribution in [3.63, 3.8) is 0 Å². The average Bonchev–Trinajstić information content (AvgIpc) is 3.29. The number of carbonyl (C=O) groups is 5. The Morgan fingerprint density at radius 3 is 1.08 bits per heavy atom. The van der Waals surface area contributed by atoms with E-state index in [1.54, 1.807) is 14.1 Å². The van der Waals surface area contributed by atoms with Crippen LogP contribution < -0.4 is 5.73 Å². The third-order valence-corrected chi connectivity index (χ3v) is 9.63. The summed E-state index contributed by atoms with van der Waals surface area (Å²) >= 11 is 5.03. The largest absolute Gasteiger partial charge is 0.478 e. The van der Waals surface area contributed by atoms with Crippen molar-refractivity contribution in [2.45, 2.75) is 25.2 Å². The Hall–Kier alpha value is -7.88. The van der Waals surface area contributed by atoms with Gasteiger partial charge in [-0.1, -0.05) is 20.3 Å². The fraction of sp³-hybridized carbons (Fsp3) is 0.205. The van der Waals surface area contributed by atoms with Gasteiger partial charge in [-0.25, -0.2) is 22.0 Å². The minimum atomic E-state index is -4.12. The van der Waals surface area contributed by atoms with Gasteiger partial charge < -0.3 is 25.5 Å². The van der Waals surface area contributed by atoms with Gasteiger partial charge in [0, 0.05) is 93.4 Å². The third-order valence-electron chi connectivity index (χ3n) is 8.06. The van der Waals surface area contributed by atoms with Crippen molar-refractivity contribution in [1.82, 2.24) is 14.7 Å². The van der Waals surface area contributed by atoms with Gasteiger partial charge in [0.05, 0.1) is 26.0 Å². The van der Waals surface area contributed by atoms with Crippen LogP contribution in [-0.2, 0) is 9.05 Å². The topological polar surface area (TPSA) is 305 Å². The van der Waals surface area contributed by atoms with Crippen LogP contribution in [0.25, 0.3) is 0 Å². The van der Waals surface area contributed by atoms with Crippen LogP contribution in [0.2, 0.25) is 0 Å². The zero-order valence-electron chi connectivity index (χ0n) is 39.8. The first-order chi connectivity index (χ1) is 33.6. The van der Waals surface area contributed by atoms with Crippen LogP contribution >= 0.6 is 34.7 Å². The molecule has 30 heteroatoms. The summed E-state index contributed by atoms with van der Waals surface area (Å²) in [6.07, 6.45) is 1.25. The van der Waals surface area contributed by atoms with Crippen molar-refractivity contribution in [2.24, 2.45) is 0 Å². The van der Waals surface area contributed by atoms with Crippen LogP contribution in [0.3, 0.4) is 0 Å². The van der Waals surface area contributed by atoms with E-state index in [9.17, 15) is 84.7 Å². The Bertz CT molecular complexity index is 2900. The molecule has 0 saturated heterocycles. The van der Waals surface area contributed by atoms with Crippen LogP contribution in [-0.4, -0.2) is 114 Å². The zero-order chi connectivity index (χ0) is 56.8. The smallest absolute Gasteiger partial charge is 0.335 e. The number of carboxylic acids is 1. The second-order valence-electron chi connectivity index (χ2n) is 14.5. The number of nitro benzene ring substituents is 3. The zero-order valence-corrected chi connectivity index (χ0v) is 43.0. The number of amides is 3. The highest BCUT2D eigenvalue weighted by Crippen LogP contribution is 2.22. The highest BCUT2D eigenvalue weighted by atomic mass is 35.7. The maximum atomic E-state index is 13.3. The Labute approximate surface area is 434 Å². The molecule has 3 amide bonds. The van der Waals surface area contributed by atoms with Gasteiger partial charge in [0.1, 0.15) is 16.5 Å². The number of aromatic carboxylic acids is 1. The summed E-state index contributed by atoms with van der Waals surface area (Å²) in [6, 6.07) is 15.2. The van der Waals surface area contributed by atoms with Crippen LogP contribution in [0.5, 0.6) is 0 Å². The molecule has 0 aliphatic carbocycles. The van der Waals surface area contributed by atoms with E-state index >= 15 is 0 Å². The molecular weight excluding hydrogens is 1080 g/mol. The van der Waals surface area contributed by atoms with E-state index < -0.39 is 97.9 Å². The number of nitro groups is 3. The molecule has 21 nitrogen and oxygen atoms in total. The number of benzene rings is 5. The highest BCUT2D eigenvalue weighted by molar-refractivity contribution is 8.13. The quantitative estimate of drug-likeness (QED) is 0.0456. The van der Waals surface area contributed by atoms with Crippen LogP contribution in [0.1, 0.15) is 72.1 Å². The van der Waals surface area contributed by atoms with Crippen LogP contribution in [0, 0.1) is 59.4 Å². The van der Waals surface area contributed by atoms with Crippen molar-refractivity contribution in [3.05, 3.63) is 178 Å². The maximum Gasteiger partial charge on any atom is 0.335 e. The van der Waals surface area contributed by atoms with Gasteiger partial charge in [0.2, 0.25) is 17.5 Å². The van der Waals surface area contributed by atoms with E-state index in [2.05, 4.69) is 13.8 Å². The lowest BCUT2D eigenvalue weighted by Crippen LogP contribution is -2.21. The number of carboxylic acid groups (broad SMARTS) is 1. The molecule has 0 spiro atoms. The second kappa shape index (κ2) is 31.5. The predicted molar refractivity (Wildman–Crippen MR) is 264 cm³/mol. The van der Waals surface area contributed by atoms with Crippen molar-refractivity contribution >= 4 is 95.4 Å². The lowest BCUT2D eigenvalue weighted by Gasteiger charge is -2.10. The summed E-state index contributed by atoms with van der Waals surface area (Å²) < 4.78 is 86.7. The molecule has 0 saturated carbocycles. The lowest BCUT2D eigenvalue weighted by atomic mass is 10.2. The summed E-state index contributed by atoms with van der Waals surface area (Å²) in [6.45, 7) is 4.25. The van der Waals surface area contributed by atoms with Gasteiger partial charge in [-0.3, -0.25) is 49.5 Å². The molecule has 0 bridgehead atoms. The lowest BCUT2D eigenvalue weighted by molar-refractivity contribution is -0.387. The van der Waals surface area contributed by atoms with Crippen molar-refractivity contribution < 1.29 is 74.2 Å². The molecule has 5 aromatic rings. The van der Waals surface area contributed by atoms with Gasteiger partial charge in [0.15, 0.2) is 0 Å². The van der Waals surface area contributed by atoms with E-state index in [0.29, 0.717) is 11.6 Å². The number of anilines is 1. The number of carbonyl (C=O) groups excluding carboxylic acids is 4. The monoisotopic (exact) mass is 1130 g/mol. The number of nitrogens with zero attached hydrogens (tertiary/aromatic N) is 6. The summed E-state index contributed by atoms with van der Waals surface area (Å²) in [7, 11) is 10.1. The van der Waals surface area contributed by atoms with Gasteiger partial charge in [-0.2, -0.15) is 13.2 Å². The second-order valence-corrected chi connectivity index (χ2v) is 17.4. The fourth-order valence-corrected chi connectivity index (χ4v) is 5.63. The molecule has 0 unspecified atom stereocenters. The molecule has 0 atom stereocenters. The number of rotatable bonds is 9. The maximum absolute atomic E-state index is 13.3. The normalized spacial score (nSPS) is 9.77. The molecule has 0 aliphatic heterocycles. The third kappa shape index (κ3) is 22.3. The molecule has 402 valence electrons. The molecule has 0 heterocycles. The van der Waals surface area contributed by atoms with Gasteiger partial charge in [0.25, 0.3) is 32.0 Å². The average molecular weight is 1130 g/mol. The molecular formula is C44H45Cl3F5N7O14S. The van der Waals surface area contributed by atoms with Gasteiger partial charge >= 0.3 is 23.0 Å². The number of hydrogen-bond acceptors (Lipinski definition) is 14. The number of halogens is 8. The Kier molecular flexibility index (Phi) is 29.1. The first-order valence-electron chi connectivity index (χ1n) is 19.8. The molecule has 0 aliphatic rings. The molecule has 74 heavy (non-hydrogen) atoms. The standard InChI is InChI=1S/C9H9ClFNO3S.C9H9FN2O3.C9H11FN2O.C7H3ClFNO3.C7H4FNO4.C3H8.ClH/c1-12(2)9(13)6-3-4-8(7(11)5-6)16(10,14)15;1-11(2)9(13)6-3-4-8(12(14)15)7(10)5-6;1-12(2)9(13)6-3-4-8(11)7(10)5-6;8-7(11)4-1-2-6(10(12)13)5(9)3-4;8-5-3-4(7(10)11)1-2-6(5)9(12)13;1-3-2;/h3-5H,1-2H3;3-5H,1-2H3;3-5H,11H2,1-2H3;1-3H;1-3H,(H,10,11);3H2,1-2H3;1H. The molecule has 5 rings (SSSR count). The molecule has 3 N–H and O–H groups in total. The minimum Gasteiger partial charge on any atom is -0.478 e. The van der Waals surface area contributed by atoms with Crippen molar-refractivity contribution in [2.75, 3.05) is 48.0 Å². The van der Waals surface area contributed by atoms with Gasteiger partial charge in [-0.05, 0) is 84.4 Å². The van der Waals surface area contributed by atoms with Gasteiger partial charge in [-0.15, -0.1) is 12.4 Å². The van der Waals surface area contributed by atoms with E-state index in [0.717, 1.165) is 60.7 Å². The molecule has 0 fully saturated rings. The fourth-order valence-electron chi connectivity index (χ4n) is 4.62. The number of nitrogen functional groups attached to an aromatic ring is 1. The minimum absolute atomic E-state index is 0. The summed E-state index contributed by atoms with van der Waals surface area (Å²) in [5, 5.41) is 38.1. The highest BCUT2D eigenvalue weighted by Gasteiger charge is 2.20. The number of nitrogens with two attached hydrogens (primary N) is 1. The van der Waals surface area contributed by atoms with E-state index in [1.165, 1.54) is 73.6 Å². The van der Waals surface area contributed by atoms with E-state index in [4.69, 9.17) is 33.1 Å². The SMILES string of the molecule is CCC.CN(C)C(=O)c1ccc(N)c(F)c1.CN(C)C(=O)c1ccc(S(=O)(=O)Cl)c(F)c1.CN(C)C(=O)c1ccc([N+](=O)[O-])c(F)c1.Cl.O=C(Cl)c1ccc([N+](=O)[O-])c(F)c1.O=C(O)c1ccc([N+](=O)[O-])c(F)c1. The summed E-state index contributed by atoms with van der Waals surface area (Å²) in [4.78, 5) is 86.1. The van der Waals surface area contributed by atoms with Crippen molar-refractivity contribution in [1.29, 1.82) is 0 Å². The summed E-state index contributed by atoms with van der Waals surface area (Å²) in [5.41, 5.74) is 3.30. The molecule has 5 aromatic carbocycles.